The molecule has 0 aliphatic carbocycles. The highest BCUT2D eigenvalue weighted by Crippen LogP contribution is 2.43. The lowest BCUT2D eigenvalue weighted by molar-refractivity contribution is -0.300. The van der Waals surface area contributed by atoms with E-state index < -0.39 is 30.9 Å². The number of rotatable bonds is 3. The highest BCUT2D eigenvalue weighted by molar-refractivity contribution is 4.82. The van der Waals surface area contributed by atoms with Gasteiger partial charge in [-0.25, -0.2) is 8.78 Å². The van der Waals surface area contributed by atoms with Gasteiger partial charge in [0.25, 0.3) is 5.92 Å². The summed E-state index contributed by atoms with van der Waals surface area (Å²) in [5.74, 6) is -9.31. The van der Waals surface area contributed by atoms with Crippen LogP contribution in [0.1, 0.15) is 19.8 Å². The van der Waals surface area contributed by atoms with Crippen molar-refractivity contribution in [2.45, 2.75) is 37.8 Å². The topological polar surface area (TPSA) is 0 Å². The van der Waals surface area contributed by atoms with Crippen molar-refractivity contribution in [1.29, 1.82) is 0 Å². The Morgan fingerprint density at radius 2 is 1.23 bits per heavy atom. The van der Waals surface area contributed by atoms with Crippen molar-refractivity contribution < 1.29 is 30.7 Å². The highest BCUT2D eigenvalue weighted by atomic mass is 19.4. The van der Waals surface area contributed by atoms with Crippen LogP contribution in [0.5, 0.6) is 0 Å². The van der Waals surface area contributed by atoms with Crippen LogP contribution in [0, 0.1) is 0 Å². The molecule has 0 amide bonds. The molecule has 0 spiro atoms. The summed E-state index contributed by atoms with van der Waals surface area (Å²) in [7, 11) is 0. The molecule has 0 N–H and O–H groups in total. The SMILES string of the molecule is CCC(F)(F)CC(F)(F)C(F)(F)F. The van der Waals surface area contributed by atoms with Crippen LogP contribution in [0.3, 0.4) is 0 Å². The maximum atomic E-state index is 12.2. The van der Waals surface area contributed by atoms with E-state index in [1.54, 1.807) is 0 Å². The molecule has 0 atom stereocenters. The molecule has 0 aliphatic rings. The first kappa shape index (κ1) is 12.5. The third-order valence-electron chi connectivity index (χ3n) is 1.41. The summed E-state index contributed by atoms with van der Waals surface area (Å²) in [6, 6.07) is 0. The van der Waals surface area contributed by atoms with E-state index >= 15 is 0 Å². The molecule has 0 saturated heterocycles. The minimum Gasteiger partial charge on any atom is -0.207 e. The number of alkyl halides is 7. The highest BCUT2D eigenvalue weighted by Gasteiger charge is 2.61. The molecular formula is C6H7F7. The van der Waals surface area contributed by atoms with Crippen molar-refractivity contribution in [3.8, 4) is 0 Å². The van der Waals surface area contributed by atoms with Crippen LogP contribution in [-0.4, -0.2) is 18.0 Å². The van der Waals surface area contributed by atoms with Gasteiger partial charge in [-0.1, -0.05) is 6.92 Å². The second-order valence-corrected chi connectivity index (χ2v) is 2.59. The minimum absolute atomic E-state index is 0.840. The summed E-state index contributed by atoms with van der Waals surface area (Å²) < 4.78 is 82.7. The van der Waals surface area contributed by atoms with Gasteiger partial charge < -0.3 is 0 Å². The zero-order valence-electron chi connectivity index (χ0n) is 6.56. The molecule has 80 valence electrons. The van der Waals surface area contributed by atoms with Gasteiger partial charge in [0.15, 0.2) is 0 Å². The lowest BCUT2D eigenvalue weighted by Crippen LogP contribution is -2.41. The van der Waals surface area contributed by atoms with Crippen molar-refractivity contribution in [3.05, 3.63) is 0 Å². The molecule has 0 unspecified atom stereocenters. The number of hydrogen-bond donors (Lipinski definition) is 0. The molecule has 0 aliphatic heterocycles. The smallest absolute Gasteiger partial charge is 0.207 e. The average Bonchev–Trinajstić information content (AvgIpc) is 1.83. The summed E-state index contributed by atoms with van der Waals surface area (Å²) in [5, 5.41) is 0. The van der Waals surface area contributed by atoms with Crippen LogP contribution in [0.15, 0.2) is 0 Å². The molecular weight excluding hydrogens is 205 g/mol. The van der Waals surface area contributed by atoms with Crippen LogP contribution in [-0.2, 0) is 0 Å². The quantitative estimate of drug-likeness (QED) is 0.626. The fourth-order valence-electron chi connectivity index (χ4n) is 0.550. The second-order valence-electron chi connectivity index (χ2n) is 2.59. The third-order valence-corrected chi connectivity index (χ3v) is 1.41. The maximum Gasteiger partial charge on any atom is 0.453 e. The van der Waals surface area contributed by atoms with E-state index in [0.717, 1.165) is 6.92 Å². The van der Waals surface area contributed by atoms with Crippen LogP contribution in [0.25, 0.3) is 0 Å². The molecule has 0 aromatic carbocycles. The van der Waals surface area contributed by atoms with Crippen molar-refractivity contribution in [3.63, 3.8) is 0 Å². The van der Waals surface area contributed by atoms with Gasteiger partial charge in [0.2, 0.25) is 0 Å². The van der Waals surface area contributed by atoms with Gasteiger partial charge in [-0.3, -0.25) is 0 Å². The van der Waals surface area contributed by atoms with E-state index in [2.05, 4.69) is 0 Å². The first-order chi connectivity index (χ1) is 5.52. The largest absolute Gasteiger partial charge is 0.453 e. The Labute approximate surface area is 69.7 Å². The van der Waals surface area contributed by atoms with E-state index in [0.29, 0.717) is 0 Å². The number of halogens is 7. The fourth-order valence-corrected chi connectivity index (χ4v) is 0.550. The molecule has 0 heterocycles. The predicted molar refractivity (Wildman–Crippen MR) is 30.9 cm³/mol. The van der Waals surface area contributed by atoms with E-state index in [1.165, 1.54) is 0 Å². The predicted octanol–water partition coefficient (Wildman–Crippen LogP) is 3.62. The Bertz CT molecular complexity index is 168. The third kappa shape index (κ3) is 3.40. The molecule has 0 rings (SSSR count). The minimum atomic E-state index is -5.91. The van der Waals surface area contributed by atoms with E-state index in [4.69, 9.17) is 0 Å². The molecule has 0 nitrogen and oxygen atoms in total. The first-order valence-corrected chi connectivity index (χ1v) is 3.34. The lowest BCUT2D eigenvalue weighted by Gasteiger charge is -2.23. The lowest BCUT2D eigenvalue weighted by atomic mass is 10.1. The van der Waals surface area contributed by atoms with Gasteiger partial charge in [-0.15, -0.1) is 0 Å². The zero-order valence-corrected chi connectivity index (χ0v) is 6.56. The van der Waals surface area contributed by atoms with Gasteiger partial charge >= 0.3 is 12.1 Å². The van der Waals surface area contributed by atoms with Crippen LogP contribution < -0.4 is 0 Å². The van der Waals surface area contributed by atoms with Crippen LogP contribution >= 0.6 is 0 Å². The first-order valence-electron chi connectivity index (χ1n) is 3.34. The van der Waals surface area contributed by atoms with Crippen LogP contribution in [0.4, 0.5) is 30.7 Å². The van der Waals surface area contributed by atoms with Gasteiger partial charge in [-0.2, -0.15) is 22.0 Å². The van der Waals surface area contributed by atoms with Gasteiger partial charge in [0.1, 0.15) is 0 Å². The Kier molecular flexibility index (Phi) is 3.21. The molecule has 0 fully saturated rings. The summed E-state index contributed by atoms with van der Waals surface area (Å²) in [4.78, 5) is 0. The van der Waals surface area contributed by atoms with E-state index in [-0.39, 0.29) is 0 Å². The Morgan fingerprint density at radius 3 is 1.46 bits per heavy atom. The Hall–Kier alpha value is -0.490. The molecule has 0 aromatic heterocycles. The Morgan fingerprint density at radius 1 is 0.846 bits per heavy atom. The molecule has 0 bridgehead atoms. The zero-order chi connectivity index (χ0) is 10.9. The summed E-state index contributed by atoms with van der Waals surface area (Å²) in [6.45, 7) is 0.840. The van der Waals surface area contributed by atoms with Gasteiger partial charge in [0.05, 0.1) is 6.42 Å². The van der Waals surface area contributed by atoms with Gasteiger partial charge in [-0.05, 0) is 0 Å². The van der Waals surface area contributed by atoms with Crippen molar-refractivity contribution in [1.82, 2.24) is 0 Å². The fraction of sp³-hybridized carbons (Fsp3) is 1.00. The van der Waals surface area contributed by atoms with Crippen molar-refractivity contribution in [2.75, 3.05) is 0 Å². The normalized spacial score (nSPS) is 14.8. The average molecular weight is 212 g/mol. The maximum absolute atomic E-state index is 12.2. The van der Waals surface area contributed by atoms with Crippen molar-refractivity contribution >= 4 is 0 Å². The number of hydrogen-bond acceptors (Lipinski definition) is 0. The molecule has 0 radical (unpaired) electrons. The Balaban J connectivity index is 4.52. The standard InChI is InChI=1S/C6H7F7/c1-2-4(7,8)3-5(9,10)6(11,12)13/h2-3H2,1H3. The molecule has 13 heavy (non-hydrogen) atoms. The molecule has 0 aromatic rings. The molecule has 7 heteroatoms. The summed E-state index contributed by atoms with van der Waals surface area (Å²) in [6.07, 6.45) is -9.44. The van der Waals surface area contributed by atoms with Crippen LogP contribution in [0.2, 0.25) is 0 Å². The van der Waals surface area contributed by atoms with Gasteiger partial charge in [0, 0.05) is 6.42 Å². The second kappa shape index (κ2) is 3.34. The van der Waals surface area contributed by atoms with E-state index in [9.17, 15) is 30.7 Å². The molecule has 0 saturated carbocycles. The summed E-state index contributed by atoms with van der Waals surface area (Å²) in [5.41, 5.74) is 0. The summed E-state index contributed by atoms with van der Waals surface area (Å²) >= 11 is 0. The van der Waals surface area contributed by atoms with Crippen molar-refractivity contribution in [2.24, 2.45) is 0 Å². The monoisotopic (exact) mass is 212 g/mol. The van der Waals surface area contributed by atoms with E-state index in [1.807, 2.05) is 0 Å².